The molecule has 0 amide bonds. The Morgan fingerprint density at radius 1 is 1.41 bits per heavy atom. The van der Waals surface area contributed by atoms with Gasteiger partial charge < -0.3 is 4.90 Å². The molecule has 1 saturated heterocycles. The third-order valence-corrected chi connectivity index (χ3v) is 4.71. The van der Waals surface area contributed by atoms with Gasteiger partial charge in [0.15, 0.2) is 5.78 Å². The predicted octanol–water partition coefficient (Wildman–Crippen LogP) is 3.64. The second kappa shape index (κ2) is 4.13. The van der Waals surface area contributed by atoms with Gasteiger partial charge in [0.25, 0.3) is 0 Å². The van der Waals surface area contributed by atoms with Crippen molar-refractivity contribution in [3.05, 3.63) is 28.2 Å². The number of halogens is 1. The fourth-order valence-corrected chi connectivity index (χ4v) is 3.79. The SMILES string of the molecule is CC(=O)c1ccc(N2CC3CCC2C3)c(Br)c1. The highest BCUT2D eigenvalue weighted by molar-refractivity contribution is 9.10. The maximum Gasteiger partial charge on any atom is 0.159 e. The molecule has 1 aliphatic heterocycles. The first kappa shape index (κ1) is 11.3. The van der Waals surface area contributed by atoms with Crippen LogP contribution in [0.1, 0.15) is 36.5 Å². The van der Waals surface area contributed by atoms with Crippen molar-refractivity contribution in [1.82, 2.24) is 0 Å². The summed E-state index contributed by atoms with van der Waals surface area (Å²) in [5.41, 5.74) is 2.03. The lowest BCUT2D eigenvalue weighted by molar-refractivity contribution is 0.101. The number of hydrogen-bond donors (Lipinski definition) is 0. The quantitative estimate of drug-likeness (QED) is 0.776. The highest BCUT2D eigenvalue weighted by Crippen LogP contribution is 2.42. The molecule has 90 valence electrons. The largest absolute Gasteiger partial charge is 0.367 e. The van der Waals surface area contributed by atoms with Gasteiger partial charge in [0.2, 0.25) is 0 Å². The van der Waals surface area contributed by atoms with Gasteiger partial charge in [-0.1, -0.05) is 0 Å². The molecule has 2 aliphatic rings. The number of nitrogens with zero attached hydrogens (tertiary/aromatic N) is 1. The van der Waals surface area contributed by atoms with Crippen LogP contribution < -0.4 is 4.90 Å². The highest BCUT2D eigenvalue weighted by Gasteiger charge is 2.38. The number of Topliss-reactive ketones (excluding diaryl/α,β-unsaturated/α-hetero) is 1. The van der Waals surface area contributed by atoms with Crippen molar-refractivity contribution in [3.8, 4) is 0 Å². The molecule has 1 saturated carbocycles. The zero-order chi connectivity index (χ0) is 12.0. The molecule has 3 heteroatoms. The molecule has 0 N–H and O–H groups in total. The highest BCUT2D eigenvalue weighted by atomic mass is 79.9. The minimum Gasteiger partial charge on any atom is -0.367 e. The van der Waals surface area contributed by atoms with Crippen LogP contribution in [0.2, 0.25) is 0 Å². The summed E-state index contributed by atoms with van der Waals surface area (Å²) in [6.45, 7) is 2.79. The van der Waals surface area contributed by atoms with Crippen LogP contribution in [-0.4, -0.2) is 18.4 Å². The summed E-state index contributed by atoms with van der Waals surface area (Å²) in [5.74, 6) is 1.01. The van der Waals surface area contributed by atoms with E-state index in [9.17, 15) is 4.79 Å². The Labute approximate surface area is 110 Å². The van der Waals surface area contributed by atoms with Crippen molar-refractivity contribution in [2.24, 2.45) is 5.92 Å². The standard InChI is InChI=1S/C14H16BrNO/c1-9(17)11-3-5-14(13(15)7-11)16-8-10-2-4-12(16)6-10/h3,5,7,10,12H,2,4,6,8H2,1H3. The molecule has 17 heavy (non-hydrogen) atoms. The monoisotopic (exact) mass is 293 g/mol. The van der Waals surface area contributed by atoms with Crippen LogP contribution in [0.25, 0.3) is 0 Å². The Balaban J connectivity index is 1.91. The minimum atomic E-state index is 0.125. The lowest BCUT2D eigenvalue weighted by Gasteiger charge is -2.30. The van der Waals surface area contributed by atoms with Crippen LogP contribution in [-0.2, 0) is 0 Å². The van der Waals surface area contributed by atoms with Gasteiger partial charge in [0, 0.05) is 22.6 Å². The van der Waals surface area contributed by atoms with Crippen molar-refractivity contribution in [2.45, 2.75) is 32.2 Å². The van der Waals surface area contributed by atoms with Gasteiger partial charge in [0.05, 0.1) is 5.69 Å². The van der Waals surface area contributed by atoms with E-state index in [2.05, 4.69) is 26.9 Å². The van der Waals surface area contributed by atoms with Gasteiger partial charge >= 0.3 is 0 Å². The molecule has 1 aliphatic carbocycles. The second-order valence-electron chi connectivity index (χ2n) is 5.21. The summed E-state index contributed by atoms with van der Waals surface area (Å²) in [6, 6.07) is 6.69. The molecule has 3 rings (SSSR count). The molecule has 1 heterocycles. The topological polar surface area (TPSA) is 20.3 Å². The fraction of sp³-hybridized carbons (Fsp3) is 0.500. The molecule has 2 fully saturated rings. The van der Waals surface area contributed by atoms with Gasteiger partial charge in [-0.2, -0.15) is 0 Å². The van der Waals surface area contributed by atoms with Gasteiger partial charge in [-0.05, 0) is 66.2 Å². The number of ketones is 1. The maximum absolute atomic E-state index is 11.3. The Bertz CT molecular complexity index is 471. The van der Waals surface area contributed by atoms with Gasteiger partial charge in [-0.25, -0.2) is 0 Å². The van der Waals surface area contributed by atoms with E-state index in [4.69, 9.17) is 0 Å². The average Bonchev–Trinajstić information content (AvgIpc) is 2.90. The Hall–Kier alpha value is -0.830. The minimum absolute atomic E-state index is 0.125. The smallest absolute Gasteiger partial charge is 0.159 e. The van der Waals surface area contributed by atoms with Crippen molar-refractivity contribution in [1.29, 1.82) is 0 Å². The lowest BCUT2D eigenvalue weighted by atomic mass is 10.1. The normalized spacial score (nSPS) is 26.6. The average molecular weight is 294 g/mol. The summed E-state index contributed by atoms with van der Waals surface area (Å²) in [5, 5.41) is 0. The fourth-order valence-electron chi connectivity index (χ4n) is 3.18. The predicted molar refractivity (Wildman–Crippen MR) is 72.6 cm³/mol. The van der Waals surface area contributed by atoms with E-state index in [1.54, 1.807) is 6.92 Å². The molecule has 0 radical (unpaired) electrons. The number of carbonyl (C=O) groups is 1. The summed E-state index contributed by atoms with van der Waals surface area (Å²) < 4.78 is 1.05. The van der Waals surface area contributed by atoms with Gasteiger partial charge in [0.1, 0.15) is 0 Å². The van der Waals surface area contributed by atoms with E-state index in [-0.39, 0.29) is 5.78 Å². The summed E-state index contributed by atoms with van der Waals surface area (Å²) >= 11 is 3.60. The molecule has 1 aromatic carbocycles. The number of carbonyl (C=O) groups excluding carboxylic acids is 1. The molecule has 2 bridgehead atoms. The van der Waals surface area contributed by atoms with Crippen LogP contribution in [0.15, 0.2) is 22.7 Å². The van der Waals surface area contributed by atoms with E-state index in [1.165, 1.54) is 31.5 Å². The molecular formula is C14H16BrNO. The zero-order valence-electron chi connectivity index (χ0n) is 9.95. The van der Waals surface area contributed by atoms with Crippen LogP contribution >= 0.6 is 15.9 Å². The number of benzene rings is 1. The third-order valence-electron chi connectivity index (χ3n) is 4.07. The molecule has 2 nitrogen and oxygen atoms in total. The Morgan fingerprint density at radius 3 is 2.76 bits per heavy atom. The van der Waals surface area contributed by atoms with E-state index in [1.807, 2.05) is 12.1 Å². The number of anilines is 1. The Kier molecular flexibility index (Phi) is 2.74. The summed E-state index contributed by atoms with van der Waals surface area (Å²) in [6.07, 6.45) is 4.07. The molecule has 1 aromatic rings. The first-order valence-electron chi connectivity index (χ1n) is 6.22. The molecule has 2 unspecified atom stereocenters. The van der Waals surface area contributed by atoms with E-state index < -0.39 is 0 Å². The number of hydrogen-bond acceptors (Lipinski definition) is 2. The maximum atomic E-state index is 11.3. The zero-order valence-corrected chi connectivity index (χ0v) is 11.5. The van der Waals surface area contributed by atoms with Crippen LogP contribution in [0.5, 0.6) is 0 Å². The van der Waals surface area contributed by atoms with E-state index >= 15 is 0 Å². The molecule has 0 spiro atoms. The van der Waals surface area contributed by atoms with Gasteiger partial charge in [-0.15, -0.1) is 0 Å². The number of piperidine rings is 1. The van der Waals surface area contributed by atoms with E-state index in [0.717, 1.165) is 22.0 Å². The first-order valence-corrected chi connectivity index (χ1v) is 7.01. The van der Waals surface area contributed by atoms with Crippen molar-refractivity contribution >= 4 is 27.4 Å². The second-order valence-corrected chi connectivity index (χ2v) is 6.06. The number of rotatable bonds is 2. The third kappa shape index (κ3) is 1.90. The van der Waals surface area contributed by atoms with Crippen LogP contribution in [0.4, 0.5) is 5.69 Å². The van der Waals surface area contributed by atoms with Crippen molar-refractivity contribution in [3.63, 3.8) is 0 Å². The van der Waals surface area contributed by atoms with Crippen molar-refractivity contribution < 1.29 is 4.79 Å². The lowest BCUT2D eigenvalue weighted by Crippen LogP contribution is -2.32. The summed E-state index contributed by atoms with van der Waals surface area (Å²) in [7, 11) is 0. The van der Waals surface area contributed by atoms with E-state index in [0.29, 0.717) is 0 Å². The molecule has 2 atom stereocenters. The number of fused-ring (bicyclic) bond motifs is 2. The molecular weight excluding hydrogens is 278 g/mol. The van der Waals surface area contributed by atoms with Gasteiger partial charge in [-0.3, -0.25) is 4.79 Å². The van der Waals surface area contributed by atoms with Crippen molar-refractivity contribution in [2.75, 3.05) is 11.4 Å². The first-order chi connectivity index (χ1) is 8.15. The summed E-state index contributed by atoms with van der Waals surface area (Å²) in [4.78, 5) is 13.8. The molecule has 0 aromatic heterocycles. The van der Waals surface area contributed by atoms with Crippen LogP contribution in [0, 0.1) is 5.92 Å². The van der Waals surface area contributed by atoms with Crippen LogP contribution in [0.3, 0.4) is 0 Å². The Morgan fingerprint density at radius 2 is 2.24 bits per heavy atom.